The summed E-state index contributed by atoms with van der Waals surface area (Å²) in [4.78, 5) is 57.0. The smallest absolute Gasteiger partial charge is 0.274 e. The van der Waals surface area contributed by atoms with Crippen LogP contribution in [0.4, 0.5) is 0 Å². The summed E-state index contributed by atoms with van der Waals surface area (Å²) in [6.07, 6.45) is 0.737. The van der Waals surface area contributed by atoms with Gasteiger partial charge in [-0.05, 0) is 24.5 Å². The van der Waals surface area contributed by atoms with Crippen molar-refractivity contribution in [3.8, 4) is 0 Å². The van der Waals surface area contributed by atoms with E-state index in [4.69, 9.17) is 0 Å². The highest BCUT2D eigenvalue weighted by Gasteiger charge is 2.29. The summed E-state index contributed by atoms with van der Waals surface area (Å²) in [7, 11) is 1.56. The molecular weight excluding hydrogens is 448 g/mol. The molecule has 4 rings (SSSR count). The van der Waals surface area contributed by atoms with Gasteiger partial charge in [0, 0.05) is 65.9 Å². The standard InChI is InChI=1S/C25H32N6O4/c1-18-7-4-5-8-20(18)16-30-9-6-10-31-22(25(30)35)15-21(26-31)24(34)27(3)17-23(33)29-13-11-28(12-14-29)19(2)32/h4-5,7-8,15H,6,9-14,16-17H2,1-3H3. The van der Waals surface area contributed by atoms with Crippen LogP contribution in [-0.2, 0) is 22.7 Å². The quantitative estimate of drug-likeness (QED) is 0.636. The maximum atomic E-state index is 13.3. The van der Waals surface area contributed by atoms with Crippen LogP contribution in [0.5, 0.6) is 0 Å². The van der Waals surface area contributed by atoms with E-state index < -0.39 is 5.91 Å². The molecule has 0 spiro atoms. The summed E-state index contributed by atoms with van der Waals surface area (Å²) in [6, 6.07) is 9.52. The van der Waals surface area contributed by atoms with Crippen LogP contribution in [0.2, 0.25) is 0 Å². The van der Waals surface area contributed by atoms with Crippen molar-refractivity contribution in [2.24, 2.45) is 0 Å². The van der Waals surface area contributed by atoms with E-state index in [1.54, 1.807) is 26.4 Å². The lowest BCUT2D eigenvalue weighted by Crippen LogP contribution is -2.52. The Balaban J connectivity index is 1.41. The Kier molecular flexibility index (Phi) is 7.18. The highest BCUT2D eigenvalue weighted by atomic mass is 16.2. The molecule has 1 aromatic carbocycles. The summed E-state index contributed by atoms with van der Waals surface area (Å²) in [5.74, 6) is -0.736. The van der Waals surface area contributed by atoms with Crippen LogP contribution in [0.1, 0.15) is 45.4 Å². The van der Waals surface area contributed by atoms with Crippen LogP contribution in [0.3, 0.4) is 0 Å². The number of aryl methyl sites for hydroxylation is 2. The summed E-state index contributed by atoms with van der Waals surface area (Å²) in [5.41, 5.74) is 2.76. The van der Waals surface area contributed by atoms with Gasteiger partial charge in [-0.2, -0.15) is 5.10 Å². The molecule has 186 valence electrons. The molecule has 0 N–H and O–H groups in total. The molecule has 1 saturated heterocycles. The van der Waals surface area contributed by atoms with Crippen LogP contribution in [0.15, 0.2) is 30.3 Å². The second-order valence-corrected chi connectivity index (χ2v) is 9.19. The molecule has 1 aromatic heterocycles. The Morgan fingerprint density at radius 3 is 2.37 bits per heavy atom. The lowest BCUT2D eigenvalue weighted by Gasteiger charge is -2.34. The molecule has 2 aromatic rings. The van der Waals surface area contributed by atoms with Crippen molar-refractivity contribution in [2.45, 2.75) is 33.4 Å². The van der Waals surface area contributed by atoms with Gasteiger partial charge in [0.05, 0.1) is 6.54 Å². The number of hydrogen-bond acceptors (Lipinski definition) is 5. The number of carbonyl (C=O) groups excluding carboxylic acids is 4. The lowest BCUT2D eigenvalue weighted by molar-refractivity contribution is -0.138. The highest BCUT2D eigenvalue weighted by Crippen LogP contribution is 2.19. The minimum Gasteiger partial charge on any atom is -0.339 e. The van der Waals surface area contributed by atoms with Crippen molar-refractivity contribution in [2.75, 3.05) is 46.3 Å². The zero-order valence-electron chi connectivity index (χ0n) is 20.6. The number of nitrogens with zero attached hydrogens (tertiary/aromatic N) is 6. The third kappa shape index (κ3) is 5.36. The number of likely N-dealkylation sites (N-methyl/N-ethyl adjacent to an activating group) is 1. The summed E-state index contributed by atoms with van der Waals surface area (Å²) in [6.45, 7) is 7.00. The number of rotatable bonds is 5. The van der Waals surface area contributed by atoms with Gasteiger partial charge in [0.1, 0.15) is 5.69 Å². The van der Waals surface area contributed by atoms with Crippen LogP contribution >= 0.6 is 0 Å². The van der Waals surface area contributed by atoms with Crippen molar-refractivity contribution in [1.29, 1.82) is 0 Å². The molecule has 0 unspecified atom stereocenters. The first-order valence-electron chi connectivity index (χ1n) is 11.9. The first-order chi connectivity index (χ1) is 16.7. The average molecular weight is 481 g/mol. The Bertz CT molecular complexity index is 1130. The van der Waals surface area contributed by atoms with Gasteiger partial charge in [-0.3, -0.25) is 23.9 Å². The fourth-order valence-electron chi connectivity index (χ4n) is 4.52. The first-order valence-corrected chi connectivity index (χ1v) is 11.9. The van der Waals surface area contributed by atoms with E-state index in [9.17, 15) is 19.2 Å². The van der Waals surface area contributed by atoms with Crippen molar-refractivity contribution in [3.63, 3.8) is 0 Å². The number of amides is 4. The molecule has 0 radical (unpaired) electrons. The average Bonchev–Trinajstić information content (AvgIpc) is 3.21. The van der Waals surface area contributed by atoms with Crippen LogP contribution < -0.4 is 0 Å². The zero-order valence-corrected chi connectivity index (χ0v) is 20.6. The van der Waals surface area contributed by atoms with E-state index in [1.807, 2.05) is 31.2 Å². The van der Waals surface area contributed by atoms with E-state index in [2.05, 4.69) is 5.10 Å². The first kappa shape index (κ1) is 24.4. The molecule has 10 nitrogen and oxygen atoms in total. The molecule has 2 aliphatic rings. The molecule has 0 bridgehead atoms. The van der Waals surface area contributed by atoms with Gasteiger partial charge in [-0.25, -0.2) is 0 Å². The molecule has 2 aliphatic heterocycles. The number of benzene rings is 1. The minimum absolute atomic E-state index is 0.00374. The second kappa shape index (κ2) is 10.3. The van der Waals surface area contributed by atoms with E-state index in [-0.39, 0.29) is 30.0 Å². The van der Waals surface area contributed by atoms with Gasteiger partial charge in [-0.1, -0.05) is 24.3 Å². The van der Waals surface area contributed by atoms with Gasteiger partial charge in [0.2, 0.25) is 11.8 Å². The van der Waals surface area contributed by atoms with Crippen LogP contribution in [-0.4, -0.2) is 99.3 Å². The lowest BCUT2D eigenvalue weighted by atomic mass is 10.1. The molecule has 0 aliphatic carbocycles. The molecule has 0 atom stereocenters. The summed E-state index contributed by atoms with van der Waals surface area (Å²) >= 11 is 0. The summed E-state index contributed by atoms with van der Waals surface area (Å²) < 4.78 is 1.60. The normalized spacial score (nSPS) is 16.1. The van der Waals surface area contributed by atoms with Crippen LogP contribution in [0, 0.1) is 6.92 Å². The largest absolute Gasteiger partial charge is 0.339 e. The molecule has 3 heterocycles. The van der Waals surface area contributed by atoms with Gasteiger partial charge < -0.3 is 19.6 Å². The number of hydrogen-bond donors (Lipinski definition) is 0. The van der Waals surface area contributed by atoms with Crippen molar-refractivity contribution >= 4 is 23.6 Å². The summed E-state index contributed by atoms with van der Waals surface area (Å²) in [5, 5.41) is 4.40. The third-order valence-electron chi connectivity index (χ3n) is 6.72. The van der Waals surface area contributed by atoms with Crippen LogP contribution in [0.25, 0.3) is 0 Å². The third-order valence-corrected chi connectivity index (χ3v) is 6.72. The SMILES string of the molecule is CC(=O)N1CCN(C(=O)CN(C)C(=O)c2cc3n(n2)CCCN(Cc2ccccc2C)C3=O)CC1. The number of fused-ring (bicyclic) bond motifs is 1. The minimum atomic E-state index is -0.403. The molecule has 10 heteroatoms. The molecule has 1 fully saturated rings. The molecule has 35 heavy (non-hydrogen) atoms. The van der Waals surface area contributed by atoms with Gasteiger partial charge in [0.25, 0.3) is 11.8 Å². The predicted molar refractivity (Wildman–Crippen MR) is 129 cm³/mol. The van der Waals surface area contributed by atoms with E-state index in [0.29, 0.717) is 51.5 Å². The molecule has 4 amide bonds. The van der Waals surface area contributed by atoms with Crippen molar-refractivity contribution < 1.29 is 19.2 Å². The number of piperazine rings is 1. The van der Waals surface area contributed by atoms with Gasteiger partial charge in [0.15, 0.2) is 5.69 Å². The second-order valence-electron chi connectivity index (χ2n) is 9.19. The van der Waals surface area contributed by atoms with E-state index >= 15 is 0 Å². The Hall–Kier alpha value is -3.69. The fourth-order valence-corrected chi connectivity index (χ4v) is 4.52. The molecule has 0 saturated carbocycles. The number of aromatic nitrogens is 2. The van der Waals surface area contributed by atoms with Gasteiger partial charge in [-0.15, -0.1) is 0 Å². The Labute approximate surface area is 205 Å². The maximum absolute atomic E-state index is 13.3. The fraction of sp³-hybridized carbons (Fsp3) is 0.480. The van der Waals surface area contributed by atoms with Crippen molar-refractivity contribution in [3.05, 3.63) is 52.8 Å². The molecular formula is C25H32N6O4. The Morgan fingerprint density at radius 2 is 1.69 bits per heavy atom. The maximum Gasteiger partial charge on any atom is 0.274 e. The van der Waals surface area contributed by atoms with Gasteiger partial charge >= 0.3 is 0 Å². The topological polar surface area (TPSA) is 99.1 Å². The monoisotopic (exact) mass is 480 g/mol. The van der Waals surface area contributed by atoms with Crippen molar-refractivity contribution in [1.82, 2.24) is 29.4 Å². The Morgan fingerprint density at radius 1 is 1.00 bits per heavy atom. The number of carbonyl (C=O) groups is 4. The highest BCUT2D eigenvalue weighted by molar-refractivity contribution is 5.99. The predicted octanol–water partition coefficient (Wildman–Crippen LogP) is 1.00. The zero-order chi connectivity index (χ0) is 25.1. The van der Waals surface area contributed by atoms with E-state index in [0.717, 1.165) is 17.5 Å². The van der Waals surface area contributed by atoms with E-state index in [1.165, 1.54) is 17.9 Å².